The number of nitrogens with zero attached hydrogens (tertiary/aromatic N) is 4. The van der Waals surface area contributed by atoms with E-state index in [1.807, 2.05) is 13.8 Å². The summed E-state index contributed by atoms with van der Waals surface area (Å²) in [4.78, 5) is 8.78. The molecule has 0 aliphatic rings. The average molecular weight is 385 g/mol. The first kappa shape index (κ1) is 19.9. The van der Waals surface area contributed by atoms with Gasteiger partial charge in [0.25, 0.3) is 0 Å². The van der Waals surface area contributed by atoms with Gasteiger partial charge in [0.1, 0.15) is 4.90 Å². The van der Waals surface area contributed by atoms with Crippen molar-refractivity contribution in [2.45, 2.75) is 49.8 Å². The molecule has 0 aliphatic carbocycles. The van der Waals surface area contributed by atoms with Gasteiger partial charge in [-0.15, -0.1) is 0 Å². The molecular formula is C16H24N4O3S2. The summed E-state index contributed by atoms with van der Waals surface area (Å²) < 4.78 is 31.5. The summed E-state index contributed by atoms with van der Waals surface area (Å²) in [6.07, 6.45) is 2.18. The Kier molecular flexibility index (Phi) is 6.97. The van der Waals surface area contributed by atoms with Crippen LogP contribution < -0.4 is 0 Å². The van der Waals surface area contributed by atoms with Crippen molar-refractivity contribution in [3.63, 3.8) is 0 Å². The van der Waals surface area contributed by atoms with Crippen LogP contribution in [0.1, 0.15) is 39.4 Å². The molecule has 2 aromatic rings. The van der Waals surface area contributed by atoms with E-state index in [0.29, 0.717) is 41.5 Å². The van der Waals surface area contributed by atoms with E-state index >= 15 is 0 Å². The summed E-state index contributed by atoms with van der Waals surface area (Å²) in [6, 6.07) is 3.29. The van der Waals surface area contributed by atoms with Gasteiger partial charge in [-0.3, -0.25) is 0 Å². The molecule has 0 saturated heterocycles. The number of sulfonamides is 1. The Bertz CT molecular complexity index is 769. The molecule has 0 spiro atoms. The summed E-state index contributed by atoms with van der Waals surface area (Å²) in [6.45, 7) is 8.70. The zero-order chi connectivity index (χ0) is 18.4. The summed E-state index contributed by atoms with van der Waals surface area (Å²) >= 11 is 1.43. The van der Waals surface area contributed by atoms with Crippen molar-refractivity contribution >= 4 is 21.8 Å². The summed E-state index contributed by atoms with van der Waals surface area (Å²) in [5.74, 6) is 2.22. The average Bonchev–Trinajstić information content (AvgIpc) is 3.01. The highest BCUT2D eigenvalue weighted by atomic mass is 32.2. The Balaban J connectivity index is 2.00. The number of thioether (sulfide) groups is 1. The van der Waals surface area contributed by atoms with Gasteiger partial charge in [0.15, 0.2) is 5.82 Å². The van der Waals surface area contributed by atoms with E-state index in [2.05, 4.69) is 29.0 Å². The Morgan fingerprint density at radius 1 is 1.24 bits per heavy atom. The Labute approximate surface area is 153 Å². The lowest BCUT2D eigenvalue weighted by atomic mass is 10.1. The number of hydrogen-bond acceptors (Lipinski definition) is 7. The third-order valence-corrected chi connectivity index (χ3v) is 6.46. The van der Waals surface area contributed by atoms with Gasteiger partial charge < -0.3 is 4.52 Å². The van der Waals surface area contributed by atoms with E-state index in [1.165, 1.54) is 22.3 Å². The molecule has 0 amide bonds. The zero-order valence-electron chi connectivity index (χ0n) is 15.0. The molecule has 2 rings (SSSR count). The fraction of sp³-hybridized carbons (Fsp3) is 0.562. The van der Waals surface area contributed by atoms with Crippen LogP contribution >= 0.6 is 11.8 Å². The van der Waals surface area contributed by atoms with Gasteiger partial charge in [0.05, 0.1) is 10.8 Å². The van der Waals surface area contributed by atoms with Crippen LogP contribution in [-0.2, 0) is 22.2 Å². The topological polar surface area (TPSA) is 89.2 Å². The number of rotatable bonds is 9. The van der Waals surface area contributed by atoms with Crippen molar-refractivity contribution in [3.05, 3.63) is 30.0 Å². The predicted molar refractivity (Wildman–Crippen MR) is 96.7 cm³/mol. The molecule has 25 heavy (non-hydrogen) atoms. The largest absolute Gasteiger partial charge is 0.338 e. The third-order valence-electron chi connectivity index (χ3n) is 3.50. The first-order valence-corrected chi connectivity index (χ1v) is 10.7. The normalized spacial score (nSPS) is 12.2. The van der Waals surface area contributed by atoms with Crippen LogP contribution in [0.3, 0.4) is 0 Å². The van der Waals surface area contributed by atoms with E-state index < -0.39 is 10.0 Å². The van der Waals surface area contributed by atoms with Crippen molar-refractivity contribution in [3.8, 4) is 0 Å². The van der Waals surface area contributed by atoms with Crippen LogP contribution in [0, 0.1) is 5.92 Å². The van der Waals surface area contributed by atoms with Crippen molar-refractivity contribution in [1.82, 2.24) is 19.4 Å². The Hall–Kier alpha value is -1.45. The number of aromatic nitrogens is 3. The van der Waals surface area contributed by atoms with Crippen molar-refractivity contribution in [2.75, 3.05) is 13.1 Å². The van der Waals surface area contributed by atoms with E-state index in [-0.39, 0.29) is 4.90 Å². The molecule has 138 valence electrons. The lowest BCUT2D eigenvalue weighted by Gasteiger charge is -2.18. The Morgan fingerprint density at radius 2 is 1.96 bits per heavy atom. The lowest BCUT2D eigenvalue weighted by molar-refractivity contribution is 0.382. The van der Waals surface area contributed by atoms with E-state index in [0.717, 1.165) is 6.42 Å². The third kappa shape index (κ3) is 5.26. The molecule has 2 aromatic heterocycles. The molecule has 9 heteroatoms. The second-order valence-corrected chi connectivity index (χ2v) is 8.85. The molecule has 0 unspecified atom stereocenters. The van der Waals surface area contributed by atoms with E-state index in [9.17, 15) is 8.42 Å². The van der Waals surface area contributed by atoms with Crippen LogP contribution in [0.15, 0.2) is 32.8 Å². The SMILES string of the molecule is CCN(CC)S(=O)(=O)c1ccc(SCc2nc(CC(C)C)no2)nc1. The summed E-state index contributed by atoms with van der Waals surface area (Å²) in [7, 11) is -3.47. The minimum absolute atomic E-state index is 0.206. The van der Waals surface area contributed by atoms with Gasteiger partial charge in [-0.05, 0) is 18.1 Å². The highest BCUT2D eigenvalue weighted by molar-refractivity contribution is 7.98. The first-order valence-electron chi connectivity index (χ1n) is 8.27. The standard InChI is InChI=1S/C16H24N4O3S2/c1-5-20(6-2)25(21,22)13-7-8-16(17-10-13)24-11-15-18-14(19-23-15)9-12(3)4/h7-8,10,12H,5-6,9,11H2,1-4H3. The number of hydrogen-bond donors (Lipinski definition) is 0. The highest BCUT2D eigenvalue weighted by Crippen LogP contribution is 2.22. The highest BCUT2D eigenvalue weighted by Gasteiger charge is 2.21. The maximum atomic E-state index is 12.4. The monoisotopic (exact) mass is 384 g/mol. The van der Waals surface area contributed by atoms with Gasteiger partial charge in [-0.25, -0.2) is 13.4 Å². The van der Waals surface area contributed by atoms with Gasteiger partial charge >= 0.3 is 0 Å². The van der Waals surface area contributed by atoms with E-state index in [1.54, 1.807) is 12.1 Å². The van der Waals surface area contributed by atoms with Gasteiger partial charge in [0.2, 0.25) is 15.9 Å². The smallest absolute Gasteiger partial charge is 0.244 e. The van der Waals surface area contributed by atoms with Crippen molar-refractivity contribution in [1.29, 1.82) is 0 Å². The summed E-state index contributed by atoms with van der Waals surface area (Å²) in [5, 5.41) is 4.66. The van der Waals surface area contributed by atoms with Gasteiger partial charge in [-0.1, -0.05) is 44.6 Å². The Morgan fingerprint density at radius 3 is 2.52 bits per heavy atom. The molecule has 0 atom stereocenters. The molecule has 0 bridgehead atoms. The fourth-order valence-electron chi connectivity index (χ4n) is 2.25. The minimum atomic E-state index is -3.47. The molecule has 7 nitrogen and oxygen atoms in total. The fourth-order valence-corrected chi connectivity index (χ4v) is 4.33. The van der Waals surface area contributed by atoms with Crippen LogP contribution in [0.5, 0.6) is 0 Å². The van der Waals surface area contributed by atoms with Gasteiger partial charge in [-0.2, -0.15) is 9.29 Å². The summed E-state index contributed by atoms with van der Waals surface area (Å²) in [5.41, 5.74) is 0. The van der Waals surface area contributed by atoms with Gasteiger partial charge in [0, 0.05) is 25.7 Å². The molecule has 0 saturated carbocycles. The van der Waals surface area contributed by atoms with Crippen LogP contribution in [0.25, 0.3) is 0 Å². The molecule has 2 heterocycles. The van der Waals surface area contributed by atoms with Crippen molar-refractivity contribution in [2.24, 2.45) is 5.92 Å². The maximum absolute atomic E-state index is 12.4. The molecule has 0 aromatic carbocycles. The van der Waals surface area contributed by atoms with Crippen molar-refractivity contribution < 1.29 is 12.9 Å². The van der Waals surface area contributed by atoms with E-state index in [4.69, 9.17) is 4.52 Å². The van der Waals surface area contributed by atoms with Crippen LogP contribution in [-0.4, -0.2) is 40.9 Å². The van der Waals surface area contributed by atoms with Crippen LogP contribution in [0.4, 0.5) is 0 Å². The quantitative estimate of drug-likeness (QED) is 0.614. The second kappa shape index (κ2) is 8.77. The predicted octanol–water partition coefficient (Wildman–Crippen LogP) is 2.99. The molecule has 0 radical (unpaired) electrons. The zero-order valence-corrected chi connectivity index (χ0v) is 16.6. The lowest BCUT2D eigenvalue weighted by Crippen LogP contribution is -2.30. The maximum Gasteiger partial charge on any atom is 0.244 e. The second-order valence-electron chi connectivity index (χ2n) is 5.91. The number of pyridine rings is 1. The molecular weight excluding hydrogens is 360 g/mol. The molecule has 0 fully saturated rings. The first-order chi connectivity index (χ1) is 11.9. The molecule has 0 aliphatic heterocycles. The molecule has 0 N–H and O–H groups in total. The minimum Gasteiger partial charge on any atom is -0.338 e. The van der Waals surface area contributed by atoms with Crippen LogP contribution in [0.2, 0.25) is 0 Å².